The fourth-order valence-corrected chi connectivity index (χ4v) is 9.65. The fraction of sp³-hybridized carbons (Fsp3) is 0.957. The summed E-state index contributed by atoms with van der Waals surface area (Å²) >= 11 is 0. The van der Waals surface area contributed by atoms with Gasteiger partial charge < -0.3 is 127 Å². The Morgan fingerprint density at radius 3 is 1.33 bits per heavy atom. The maximum atomic E-state index is 13.5. The van der Waals surface area contributed by atoms with Gasteiger partial charge in [-0.1, -0.05) is 90.9 Å². The molecular weight excluding hydrogens is 1040 g/mol. The van der Waals surface area contributed by atoms with E-state index in [-0.39, 0.29) is 31.3 Å². The van der Waals surface area contributed by atoms with Crippen LogP contribution in [0.4, 0.5) is 0 Å². The van der Waals surface area contributed by atoms with Gasteiger partial charge in [-0.05, 0) is 82.8 Å². The van der Waals surface area contributed by atoms with Crippen LogP contribution in [0.5, 0.6) is 0 Å². The average molecular weight is 1120 g/mol. The van der Waals surface area contributed by atoms with E-state index in [1.54, 1.807) is 0 Å². The third-order valence-corrected chi connectivity index (χ3v) is 15.5. The van der Waals surface area contributed by atoms with Crippen LogP contribution in [0.1, 0.15) is 149 Å². The monoisotopic (exact) mass is 1120 g/mol. The van der Waals surface area contributed by atoms with Gasteiger partial charge in [0.2, 0.25) is 5.79 Å². The van der Waals surface area contributed by atoms with E-state index < -0.39 is 105 Å². The number of piperidine rings is 1. The molecule has 1 heterocycles. The molecule has 10 radical (unpaired) electrons. The van der Waals surface area contributed by atoms with Crippen molar-refractivity contribution in [1.82, 2.24) is 4.90 Å². The summed E-state index contributed by atoms with van der Waals surface area (Å²) in [5.74, 6) is -41.3. The second kappa shape index (κ2) is 28.3. The number of carbonyl (C=O) groups excluding carboxylic acids is 2. The fourth-order valence-electron chi connectivity index (χ4n) is 9.65. The largest absolute Gasteiger partial charge is 0.469 e. The Bertz CT molecular complexity index is 1830. The van der Waals surface area contributed by atoms with Gasteiger partial charge in [0.15, 0.2) is 13.6 Å². The summed E-state index contributed by atoms with van der Waals surface area (Å²) < 4.78 is 10.1. The molecule has 7 unspecified atom stereocenters. The van der Waals surface area contributed by atoms with Crippen LogP contribution in [-0.2, 0) is 19.1 Å². The second-order valence-corrected chi connectivity index (χ2v) is 21.4. The number of carbonyl (C=O) groups is 2. The second-order valence-electron chi connectivity index (χ2n) is 21.4. The molecule has 1 aliphatic heterocycles. The maximum Gasteiger partial charge on any atom is 0.338 e. The Hall–Kier alpha value is -1.66. The minimum atomic E-state index is -5.35. The predicted molar refractivity (Wildman–Crippen MR) is 271 cm³/mol. The van der Waals surface area contributed by atoms with E-state index >= 15 is 0 Å². The van der Waals surface area contributed by atoms with Crippen LogP contribution in [0.2, 0.25) is 0 Å². The third kappa shape index (κ3) is 16.0. The molecule has 0 aromatic heterocycles. The van der Waals surface area contributed by atoms with E-state index in [4.69, 9.17) is 64.4 Å². The summed E-state index contributed by atoms with van der Waals surface area (Å²) in [7, 11) is 26.8. The van der Waals surface area contributed by atoms with Gasteiger partial charge in [0.05, 0.1) is 29.1 Å². The minimum absolute atomic E-state index is 0.0490. The number of ether oxygens (including phenoxy) is 2. The summed E-state index contributed by atoms with van der Waals surface area (Å²) in [6.45, 7) is 6.56. The molecule has 0 bridgehead atoms. The number of likely N-dealkylation sites (tertiary alicyclic amines) is 1. The number of methoxy groups -OCH3 is 1. The van der Waals surface area contributed by atoms with E-state index in [1.807, 2.05) is 13.8 Å². The molecule has 2 rings (SSSR count). The van der Waals surface area contributed by atoms with Gasteiger partial charge in [-0.2, -0.15) is 0 Å². The van der Waals surface area contributed by atoms with Crippen molar-refractivity contribution in [2.75, 3.05) is 33.4 Å². The maximum absolute atomic E-state index is 13.5. The molecule has 0 aromatic rings. The van der Waals surface area contributed by atoms with Gasteiger partial charge in [-0.3, -0.25) is 9.59 Å². The zero-order valence-corrected chi connectivity index (χ0v) is 44.7. The number of unbranched alkanes of at least 4 members (excludes halogenated alkanes) is 11. The lowest BCUT2D eigenvalue weighted by atomic mass is 9.36. The lowest BCUT2D eigenvalue weighted by Crippen LogP contribution is -2.86. The molecule has 32 heteroatoms. The first kappa shape index (κ1) is 74.4. The van der Waals surface area contributed by atoms with Crippen molar-refractivity contribution < 1.29 is 131 Å². The van der Waals surface area contributed by atoms with Gasteiger partial charge in [0, 0.05) is 6.61 Å². The van der Waals surface area contributed by atoms with Crippen LogP contribution in [0.25, 0.3) is 0 Å². The smallest absolute Gasteiger partial charge is 0.338 e. The number of aliphatic hydroxyl groups is 22. The van der Waals surface area contributed by atoms with E-state index in [0.717, 1.165) is 91.0 Å². The van der Waals surface area contributed by atoms with Crippen molar-refractivity contribution in [2.24, 2.45) is 17.3 Å². The van der Waals surface area contributed by atoms with Crippen LogP contribution in [-0.4, -0.2) is 276 Å². The molecule has 22 N–H and O–H groups in total. The molecule has 27 nitrogen and oxygen atoms in total. The van der Waals surface area contributed by atoms with Gasteiger partial charge >= 0.3 is 23.7 Å². The van der Waals surface area contributed by atoms with Gasteiger partial charge in [-0.25, -0.2) is 0 Å². The Labute approximate surface area is 460 Å². The summed E-state index contributed by atoms with van der Waals surface area (Å²) in [5, 5.41) is 221. The molecule has 1 aliphatic carbocycles. The first-order valence-electron chi connectivity index (χ1n) is 26.0. The Balaban J connectivity index is 0.000000836. The van der Waals surface area contributed by atoms with Crippen molar-refractivity contribution in [3.05, 3.63) is 0 Å². The Morgan fingerprint density at radius 2 is 0.923 bits per heavy atom. The normalized spacial score (nSPS) is 21.3. The number of hydrogen-bond donors (Lipinski definition) is 22. The molecule has 1 saturated carbocycles. The number of esters is 2. The van der Waals surface area contributed by atoms with Crippen molar-refractivity contribution in [1.29, 1.82) is 0 Å². The minimum Gasteiger partial charge on any atom is -0.469 e. The molecule has 2 aliphatic rings. The Kier molecular flexibility index (Phi) is 27.0. The highest BCUT2D eigenvalue weighted by Gasteiger charge is 2.81. The van der Waals surface area contributed by atoms with Crippen molar-refractivity contribution in [3.8, 4) is 0 Å². The van der Waals surface area contributed by atoms with Gasteiger partial charge in [0.25, 0.3) is 17.4 Å². The zero-order chi connectivity index (χ0) is 61.1. The molecule has 1 spiro atoms. The molecule has 1 saturated heterocycles. The zero-order valence-electron chi connectivity index (χ0n) is 44.7. The number of rotatable bonds is 33. The lowest BCUT2D eigenvalue weighted by molar-refractivity contribution is -0.582. The van der Waals surface area contributed by atoms with Crippen molar-refractivity contribution in [3.63, 3.8) is 0 Å². The summed E-state index contributed by atoms with van der Waals surface area (Å²) in [6, 6.07) is 0. The van der Waals surface area contributed by atoms with E-state index in [9.17, 15) is 102 Å². The molecule has 0 aromatic carbocycles. The Morgan fingerprint density at radius 1 is 0.513 bits per heavy atom. The van der Waals surface area contributed by atoms with Crippen LogP contribution in [0, 0.1) is 17.3 Å². The van der Waals surface area contributed by atoms with E-state index in [1.165, 1.54) is 0 Å². The van der Waals surface area contributed by atoms with Crippen LogP contribution in [0.15, 0.2) is 0 Å². The van der Waals surface area contributed by atoms with Crippen LogP contribution < -0.4 is 0 Å². The highest BCUT2D eigenvalue weighted by Crippen LogP contribution is 2.50. The number of nitrogens with zero attached hydrogens (tertiary/aromatic N) is 1. The van der Waals surface area contributed by atoms with Crippen LogP contribution in [0.3, 0.4) is 0 Å². The predicted octanol–water partition coefficient (Wildman–Crippen LogP) is -8.22. The molecule has 7 atom stereocenters. The van der Waals surface area contributed by atoms with Crippen LogP contribution >= 0.6 is 0 Å². The van der Waals surface area contributed by atoms with Crippen molar-refractivity contribution in [2.45, 2.75) is 223 Å². The summed E-state index contributed by atoms with van der Waals surface area (Å²) in [4.78, 5) is 27.9. The molecule has 0 amide bonds. The SMILES string of the molecule is CCCCCCCCC(C(=O)OC1CCC2(CCN(CCCCO)CC2)C1)C(O)(O)C(O)(O)C(O)(O)C(O)(O)C(O)(O)C(O)(O)O.[B]C(O)(O)C([B])(O)C([B])(O)C([B])(O)C([B])(O)C(O)(O)C(CCCCCCCC)C(=O)OC. The highest BCUT2D eigenvalue weighted by molar-refractivity contribution is 6.37. The molecule has 78 heavy (non-hydrogen) atoms. The van der Waals surface area contributed by atoms with Gasteiger partial charge in [-0.15, -0.1) is 0 Å². The topological polar surface area (TPSA) is 501 Å². The first-order valence-corrected chi connectivity index (χ1v) is 26.0. The highest BCUT2D eigenvalue weighted by atomic mass is 16.8. The molecule has 2 fully saturated rings. The quantitative estimate of drug-likeness (QED) is 0.0126. The third-order valence-electron chi connectivity index (χ3n) is 15.5. The first-order chi connectivity index (χ1) is 35.2. The molecule has 444 valence electrons. The summed E-state index contributed by atoms with van der Waals surface area (Å²) in [6.07, 6.45) is 11.2. The lowest BCUT2D eigenvalue weighted by Gasteiger charge is -2.60. The number of aliphatic hydroxyl groups excluding tert-OH is 1. The van der Waals surface area contributed by atoms with E-state index in [0.29, 0.717) is 44.9 Å². The molecular formula is C46H84B5NO26. The average Bonchev–Trinajstić information content (AvgIpc) is 3.71. The summed E-state index contributed by atoms with van der Waals surface area (Å²) in [5.41, 5.74) is -20.4. The number of hydrogen-bond acceptors (Lipinski definition) is 27. The van der Waals surface area contributed by atoms with Gasteiger partial charge in [0.1, 0.15) is 55.0 Å². The van der Waals surface area contributed by atoms with Crippen molar-refractivity contribution >= 4 is 51.2 Å². The standard InChI is InChI=1S/C29H55NO16.C17H29B5O10/c1-2-3-4-5-6-7-10-21(24(33,34)25(35,36)26(37,38)27(39,40)28(41,42)29(43,44)45)22(32)46-20-11-12-23(19-20)13-16-30(17-14-23)15-8-9-18-31;1-3-4-5-6-7-8-9-10(11(23)32-2)12(24,25)13(18,26)14(19,27)15(20,28)16(21,29)17(22,30)31/h20-21,31,33-45H,2-19H2,1H3;10,24-31H,3-9H2,1-2H3. The van der Waals surface area contributed by atoms with E-state index in [2.05, 4.69) is 9.64 Å².